The zero-order valence-corrected chi connectivity index (χ0v) is 22.1. The molecule has 0 spiro atoms. The van der Waals surface area contributed by atoms with Crippen molar-refractivity contribution in [1.29, 1.82) is 0 Å². The van der Waals surface area contributed by atoms with Gasteiger partial charge in [-0.15, -0.1) is 11.3 Å². The molecule has 0 N–H and O–H groups in total. The van der Waals surface area contributed by atoms with Crippen LogP contribution in [-0.2, 0) is 6.54 Å². The predicted molar refractivity (Wildman–Crippen MR) is 124 cm³/mol. The van der Waals surface area contributed by atoms with E-state index in [9.17, 15) is 30.7 Å². The second kappa shape index (κ2) is 11.3. The molecule has 0 unspecified atom stereocenters. The lowest BCUT2D eigenvalue weighted by molar-refractivity contribution is -0.330. The van der Waals surface area contributed by atoms with Crippen LogP contribution in [0.15, 0.2) is 86.6 Å². The van der Waals surface area contributed by atoms with Gasteiger partial charge in [-0.2, -0.15) is 30.7 Å². The Bertz CT molecular complexity index is 1380. The first-order valence-corrected chi connectivity index (χ1v) is 12.1. The normalized spacial score (nSPS) is 13.0. The van der Waals surface area contributed by atoms with Crippen molar-refractivity contribution in [2.75, 3.05) is 0 Å². The van der Waals surface area contributed by atoms with Gasteiger partial charge in [-0.05, 0) is 65.9 Å². The minimum Gasteiger partial charge on any atom is -1.00 e. The lowest BCUT2D eigenvalue weighted by Crippen LogP contribution is -3.00. The summed E-state index contributed by atoms with van der Waals surface area (Å²) < 4.78 is 98.2. The fourth-order valence-corrected chi connectivity index (χ4v) is 4.92. The van der Waals surface area contributed by atoms with Crippen molar-refractivity contribution in [1.82, 2.24) is 4.57 Å². The van der Waals surface area contributed by atoms with Crippen LogP contribution >= 0.6 is 34.7 Å². The Morgan fingerprint density at radius 1 is 0.919 bits per heavy atom. The number of rotatable bonds is 7. The topological polar surface area (TPSA) is 30.4 Å². The summed E-state index contributed by atoms with van der Waals surface area (Å²) in [5.41, 5.74) is 1.93. The molecule has 14 heteroatoms. The van der Waals surface area contributed by atoms with Crippen LogP contribution in [0.1, 0.15) is 5.76 Å². The van der Waals surface area contributed by atoms with E-state index in [1.54, 1.807) is 24.3 Å². The largest absolute Gasteiger partial charge is 1.00 e. The monoisotopic (exact) mass is 645 g/mol. The standard InChI is InChI=1S/C23H14ClF7N2OS2.BrH/c24-15-5-3-14(4-6-15)19-13-35-20(33(19)12-17-2-1-11-34-17)32-16-7-9-18(10-8-16)36-23(30,31)21(25,26)22(27,28)29;/h1-11,13H,12H2;1H/p-1. The molecule has 0 amide bonds. The maximum atomic E-state index is 13.7. The van der Waals surface area contributed by atoms with Crippen LogP contribution in [0.5, 0.6) is 0 Å². The number of nitrogens with zero attached hydrogens (tertiary/aromatic N) is 2. The molecule has 0 bridgehead atoms. The lowest BCUT2D eigenvalue weighted by Gasteiger charge is -2.27. The molecule has 0 aliphatic rings. The molecule has 0 aliphatic heterocycles. The van der Waals surface area contributed by atoms with E-state index in [0.29, 0.717) is 22.1 Å². The molecular weight excluding hydrogens is 633 g/mol. The maximum Gasteiger partial charge on any atom is 0.460 e. The fourth-order valence-electron chi connectivity index (χ4n) is 3.06. The van der Waals surface area contributed by atoms with Crippen molar-refractivity contribution in [3.8, 4) is 11.3 Å². The third kappa shape index (κ3) is 6.44. The highest BCUT2D eigenvalue weighted by atomic mass is 79.9. The van der Waals surface area contributed by atoms with Crippen molar-refractivity contribution >= 4 is 40.4 Å². The predicted octanol–water partition coefficient (Wildman–Crippen LogP) is 5.63. The van der Waals surface area contributed by atoms with Gasteiger partial charge in [-0.25, -0.2) is 4.99 Å². The molecule has 2 aromatic heterocycles. The first-order chi connectivity index (χ1) is 16.9. The Morgan fingerprint density at radius 3 is 2.14 bits per heavy atom. The summed E-state index contributed by atoms with van der Waals surface area (Å²) in [5, 5.41) is -2.97. The van der Waals surface area contributed by atoms with E-state index in [1.807, 2.05) is 22.1 Å². The van der Waals surface area contributed by atoms with Crippen LogP contribution in [0.2, 0.25) is 5.02 Å². The Morgan fingerprint density at radius 2 is 1.57 bits per heavy atom. The fraction of sp³-hybridized carbons (Fsp3) is 0.174. The molecule has 0 saturated heterocycles. The van der Waals surface area contributed by atoms with Crippen molar-refractivity contribution in [2.24, 2.45) is 4.99 Å². The van der Waals surface area contributed by atoms with Gasteiger partial charge in [0.15, 0.2) is 4.80 Å². The van der Waals surface area contributed by atoms with Crippen molar-refractivity contribution in [3.05, 3.63) is 87.9 Å². The zero-order valence-electron chi connectivity index (χ0n) is 18.2. The van der Waals surface area contributed by atoms with Gasteiger partial charge in [0.25, 0.3) is 0 Å². The van der Waals surface area contributed by atoms with Crippen molar-refractivity contribution in [3.63, 3.8) is 0 Å². The van der Waals surface area contributed by atoms with Crippen LogP contribution in [0, 0.1) is 0 Å². The van der Waals surface area contributed by atoms with Gasteiger partial charge in [-0.1, -0.05) is 23.7 Å². The van der Waals surface area contributed by atoms with Gasteiger partial charge >= 0.3 is 17.4 Å². The van der Waals surface area contributed by atoms with Gasteiger partial charge in [0.2, 0.25) is 0 Å². The number of halogens is 9. The Kier molecular flexibility index (Phi) is 8.93. The average molecular weight is 647 g/mol. The van der Waals surface area contributed by atoms with Gasteiger partial charge < -0.3 is 26.0 Å². The van der Waals surface area contributed by atoms with Gasteiger partial charge in [-0.3, -0.25) is 0 Å². The van der Waals surface area contributed by atoms with Crippen molar-refractivity contribution < 1.29 is 52.1 Å². The molecule has 0 radical (unpaired) electrons. The number of thiazole rings is 1. The van der Waals surface area contributed by atoms with Gasteiger partial charge in [0.05, 0.1) is 24.2 Å². The summed E-state index contributed by atoms with van der Waals surface area (Å²) in [6, 6.07) is 15.2. The maximum absolute atomic E-state index is 13.7. The number of alkyl halides is 7. The second-order valence-electron chi connectivity index (χ2n) is 7.37. The molecule has 3 nitrogen and oxygen atoms in total. The van der Waals surface area contributed by atoms with Crippen LogP contribution in [0.25, 0.3) is 11.3 Å². The van der Waals surface area contributed by atoms with E-state index in [2.05, 4.69) is 4.99 Å². The molecule has 37 heavy (non-hydrogen) atoms. The zero-order chi connectivity index (χ0) is 26.1. The van der Waals surface area contributed by atoms with Crippen molar-refractivity contribution in [2.45, 2.75) is 28.8 Å². The Balaban J connectivity index is 0.00000380. The third-order valence-corrected chi connectivity index (χ3v) is 7.00. The molecular formula is C23H14BrClF7N2OS2-. The minimum absolute atomic E-state index is 0. The van der Waals surface area contributed by atoms with Gasteiger partial charge in [0, 0.05) is 15.3 Å². The molecule has 198 valence electrons. The molecule has 0 saturated carbocycles. The van der Waals surface area contributed by atoms with E-state index in [0.717, 1.165) is 23.4 Å². The number of hydrogen-bond acceptors (Lipinski definition) is 4. The first kappa shape index (κ1) is 29.3. The van der Waals surface area contributed by atoms with E-state index < -0.39 is 34.0 Å². The highest BCUT2D eigenvalue weighted by molar-refractivity contribution is 8.00. The molecule has 4 rings (SSSR count). The second-order valence-corrected chi connectivity index (χ2v) is 9.83. The SMILES string of the molecule is FC(F)(F)C(F)(F)C(F)(F)Sc1ccc(N=c2scc(-c3ccc(Cl)cc3)n2Cc2ccco2)cc1.[Br-]. The highest BCUT2D eigenvalue weighted by Crippen LogP contribution is 2.53. The third-order valence-electron chi connectivity index (χ3n) is 4.86. The molecule has 2 aromatic carbocycles. The molecule has 0 fully saturated rings. The summed E-state index contributed by atoms with van der Waals surface area (Å²) in [7, 11) is 0. The summed E-state index contributed by atoms with van der Waals surface area (Å²) in [5.74, 6) is -5.55. The number of thioether (sulfide) groups is 1. The molecule has 0 atom stereocenters. The van der Waals surface area contributed by atoms with E-state index in [-0.39, 0.29) is 22.7 Å². The van der Waals surface area contributed by atoms with E-state index in [1.165, 1.54) is 29.7 Å². The summed E-state index contributed by atoms with van der Waals surface area (Å²) in [4.78, 5) is 4.53. The number of furan rings is 1. The first-order valence-electron chi connectivity index (χ1n) is 10.0. The van der Waals surface area contributed by atoms with Gasteiger partial charge in [0.1, 0.15) is 5.76 Å². The number of benzene rings is 2. The van der Waals surface area contributed by atoms with Crippen LogP contribution < -0.4 is 21.8 Å². The Hall–Kier alpha value is -2.22. The minimum atomic E-state index is -6.39. The smallest absolute Gasteiger partial charge is 0.460 e. The van der Waals surface area contributed by atoms with E-state index >= 15 is 0 Å². The van der Waals surface area contributed by atoms with Crippen LogP contribution in [0.3, 0.4) is 0 Å². The Labute approximate surface area is 229 Å². The summed E-state index contributed by atoms with van der Waals surface area (Å²) >= 11 is 6.40. The van der Waals surface area contributed by atoms with Crippen LogP contribution in [0.4, 0.5) is 36.4 Å². The highest BCUT2D eigenvalue weighted by Gasteiger charge is 2.73. The number of hydrogen-bond donors (Lipinski definition) is 0. The van der Waals surface area contributed by atoms with Crippen LogP contribution in [-0.4, -0.2) is 21.9 Å². The van der Waals surface area contributed by atoms with E-state index in [4.69, 9.17) is 16.0 Å². The average Bonchev–Trinajstić information content (AvgIpc) is 3.45. The molecule has 0 aliphatic carbocycles. The molecule has 2 heterocycles. The number of aromatic nitrogens is 1. The quantitative estimate of drug-likeness (QED) is 0.193. The molecule has 4 aromatic rings. The summed E-state index contributed by atoms with van der Waals surface area (Å²) in [6.45, 7) is 0.319. The lowest BCUT2D eigenvalue weighted by atomic mass is 10.2. The summed E-state index contributed by atoms with van der Waals surface area (Å²) in [6.07, 6.45) is -4.86.